The third-order valence-corrected chi connectivity index (χ3v) is 5.40. The Morgan fingerprint density at radius 1 is 1.06 bits per heavy atom. The predicted octanol–water partition coefficient (Wildman–Crippen LogP) is 5.30. The first-order chi connectivity index (χ1) is 16.1. The number of fused-ring (bicyclic) bond motifs is 1. The monoisotopic (exact) mass is 440 g/mol. The Bertz CT molecular complexity index is 1230. The predicted molar refractivity (Wildman–Crippen MR) is 124 cm³/mol. The van der Waals surface area contributed by atoms with Crippen molar-refractivity contribution in [2.45, 2.75) is 25.7 Å². The summed E-state index contributed by atoms with van der Waals surface area (Å²) < 4.78 is 17.3. The molecule has 1 heterocycles. The van der Waals surface area contributed by atoms with Crippen molar-refractivity contribution in [3.63, 3.8) is 0 Å². The Labute approximate surface area is 192 Å². The van der Waals surface area contributed by atoms with E-state index in [2.05, 4.69) is 13.0 Å². The topological polar surface area (TPSA) is 94.6 Å². The number of allylic oxidation sites excluding steroid dienone is 1. The van der Waals surface area contributed by atoms with Gasteiger partial charge in [-0.15, -0.1) is 0 Å². The molecular formula is C27H24N2O4. The molecule has 0 spiro atoms. The van der Waals surface area contributed by atoms with Crippen LogP contribution in [-0.4, -0.2) is 12.6 Å². The molecule has 1 unspecified atom stereocenters. The molecule has 6 heteroatoms. The minimum Gasteiger partial charge on any atom is -0.493 e. The highest BCUT2D eigenvalue weighted by atomic mass is 16.5. The molecule has 3 aromatic carbocycles. The molecule has 0 saturated heterocycles. The number of esters is 1. The van der Waals surface area contributed by atoms with Crippen LogP contribution in [0.2, 0.25) is 0 Å². The first kappa shape index (κ1) is 22.0. The number of nitrogens with two attached hydrogens (primary N) is 1. The van der Waals surface area contributed by atoms with Crippen LogP contribution >= 0.6 is 0 Å². The van der Waals surface area contributed by atoms with Gasteiger partial charge in [0.1, 0.15) is 28.9 Å². The number of ether oxygens (including phenoxy) is 3. The normalized spacial score (nSPS) is 14.6. The Morgan fingerprint density at radius 3 is 2.58 bits per heavy atom. The van der Waals surface area contributed by atoms with Crippen molar-refractivity contribution in [1.29, 1.82) is 5.26 Å². The lowest BCUT2D eigenvalue weighted by Crippen LogP contribution is -2.21. The maximum absolute atomic E-state index is 12.4. The molecule has 6 nitrogen and oxygen atoms in total. The molecule has 0 saturated carbocycles. The number of benzene rings is 3. The van der Waals surface area contributed by atoms with Gasteiger partial charge in [-0.05, 0) is 30.7 Å². The van der Waals surface area contributed by atoms with Crippen LogP contribution in [0.4, 0.5) is 0 Å². The Morgan fingerprint density at radius 2 is 1.82 bits per heavy atom. The molecule has 0 radical (unpaired) electrons. The molecule has 0 bridgehead atoms. The SMILES string of the molecule is CCCCOc1ccccc1C1C(C#N)=C(N)Oc2cc(OC(=O)c3ccccc3)ccc21. The quantitative estimate of drug-likeness (QED) is 0.304. The highest BCUT2D eigenvalue weighted by Crippen LogP contribution is 2.45. The van der Waals surface area contributed by atoms with E-state index in [1.165, 1.54) is 0 Å². The maximum Gasteiger partial charge on any atom is 0.343 e. The number of unbranched alkanes of at least 4 members (excludes halogenated alkanes) is 1. The molecule has 166 valence electrons. The van der Waals surface area contributed by atoms with Crippen LogP contribution in [0.1, 0.15) is 47.2 Å². The second-order valence-corrected chi connectivity index (χ2v) is 7.62. The number of nitrogens with zero attached hydrogens (tertiary/aromatic N) is 1. The maximum atomic E-state index is 12.4. The van der Waals surface area contributed by atoms with E-state index >= 15 is 0 Å². The molecule has 1 atom stereocenters. The molecule has 4 rings (SSSR count). The molecule has 0 aliphatic carbocycles. The fourth-order valence-electron chi connectivity index (χ4n) is 3.74. The molecule has 3 aromatic rings. The van der Waals surface area contributed by atoms with E-state index in [1.807, 2.05) is 30.3 Å². The highest BCUT2D eigenvalue weighted by Gasteiger charge is 2.33. The number of carbonyl (C=O) groups is 1. The second kappa shape index (κ2) is 9.92. The Balaban J connectivity index is 1.69. The van der Waals surface area contributed by atoms with Crippen molar-refractivity contribution in [3.05, 3.63) is 101 Å². The summed E-state index contributed by atoms with van der Waals surface area (Å²) in [5.74, 6) is 0.531. The standard InChI is InChI=1S/C27H24N2O4/c1-2-3-15-31-23-12-8-7-11-20(23)25-21-14-13-19(16-24(21)33-26(29)22(25)17-28)32-27(30)18-9-5-4-6-10-18/h4-14,16,25H,2-3,15,29H2,1H3. The lowest BCUT2D eigenvalue weighted by molar-refractivity contribution is 0.0734. The van der Waals surface area contributed by atoms with Gasteiger partial charge in [0, 0.05) is 17.2 Å². The van der Waals surface area contributed by atoms with Crippen molar-refractivity contribution in [2.24, 2.45) is 5.73 Å². The summed E-state index contributed by atoms with van der Waals surface area (Å²) in [6, 6.07) is 23.6. The molecule has 1 aliphatic heterocycles. The fraction of sp³-hybridized carbons (Fsp3) is 0.185. The zero-order valence-electron chi connectivity index (χ0n) is 18.3. The first-order valence-corrected chi connectivity index (χ1v) is 10.8. The van der Waals surface area contributed by atoms with Crippen LogP contribution in [0.5, 0.6) is 17.2 Å². The van der Waals surface area contributed by atoms with Crippen molar-refractivity contribution in [3.8, 4) is 23.3 Å². The van der Waals surface area contributed by atoms with Gasteiger partial charge in [-0.3, -0.25) is 0 Å². The average molecular weight is 440 g/mol. The van der Waals surface area contributed by atoms with Gasteiger partial charge < -0.3 is 19.9 Å². The van der Waals surface area contributed by atoms with Crippen LogP contribution in [0.15, 0.2) is 84.3 Å². The van der Waals surface area contributed by atoms with E-state index in [0.717, 1.165) is 24.0 Å². The van der Waals surface area contributed by atoms with Crippen LogP contribution in [0.3, 0.4) is 0 Å². The Kier molecular flexibility index (Phi) is 6.61. The molecule has 0 fully saturated rings. The van der Waals surface area contributed by atoms with E-state index in [9.17, 15) is 10.1 Å². The summed E-state index contributed by atoms with van der Waals surface area (Å²) in [5, 5.41) is 9.85. The number of para-hydroxylation sites is 1. The van der Waals surface area contributed by atoms with Gasteiger partial charge in [-0.1, -0.05) is 55.8 Å². The van der Waals surface area contributed by atoms with E-state index in [-0.39, 0.29) is 5.88 Å². The van der Waals surface area contributed by atoms with Gasteiger partial charge in [0.15, 0.2) is 0 Å². The van der Waals surface area contributed by atoms with Gasteiger partial charge in [0.2, 0.25) is 5.88 Å². The minimum absolute atomic E-state index is 0.0184. The van der Waals surface area contributed by atoms with Crippen molar-refractivity contribution < 1.29 is 19.0 Å². The van der Waals surface area contributed by atoms with Crippen LogP contribution < -0.4 is 19.9 Å². The number of rotatable bonds is 7. The zero-order chi connectivity index (χ0) is 23.2. The summed E-state index contributed by atoms with van der Waals surface area (Å²) in [4.78, 5) is 12.4. The van der Waals surface area contributed by atoms with Gasteiger partial charge in [0.05, 0.1) is 18.1 Å². The number of carbonyl (C=O) groups excluding carboxylic acids is 1. The molecule has 0 aromatic heterocycles. The molecule has 1 aliphatic rings. The van der Waals surface area contributed by atoms with E-state index in [4.69, 9.17) is 19.9 Å². The van der Waals surface area contributed by atoms with Crippen molar-refractivity contribution in [2.75, 3.05) is 6.61 Å². The number of hydrogen-bond donors (Lipinski definition) is 1. The lowest BCUT2D eigenvalue weighted by Gasteiger charge is -2.28. The summed E-state index contributed by atoms with van der Waals surface area (Å²) in [7, 11) is 0. The van der Waals surface area contributed by atoms with Crippen LogP contribution in [-0.2, 0) is 0 Å². The van der Waals surface area contributed by atoms with Gasteiger partial charge in [0.25, 0.3) is 0 Å². The number of hydrogen-bond acceptors (Lipinski definition) is 6. The second-order valence-electron chi connectivity index (χ2n) is 7.62. The smallest absolute Gasteiger partial charge is 0.343 e. The molecule has 2 N–H and O–H groups in total. The summed E-state index contributed by atoms with van der Waals surface area (Å²) in [5.41, 5.74) is 8.45. The summed E-state index contributed by atoms with van der Waals surface area (Å²) in [6.07, 6.45) is 1.95. The highest BCUT2D eigenvalue weighted by molar-refractivity contribution is 5.91. The minimum atomic E-state index is -0.473. The van der Waals surface area contributed by atoms with Crippen molar-refractivity contribution in [1.82, 2.24) is 0 Å². The van der Waals surface area contributed by atoms with Crippen LogP contribution in [0, 0.1) is 11.3 Å². The lowest BCUT2D eigenvalue weighted by atomic mass is 9.83. The molecular weight excluding hydrogens is 416 g/mol. The first-order valence-electron chi connectivity index (χ1n) is 10.8. The van der Waals surface area contributed by atoms with E-state index < -0.39 is 11.9 Å². The van der Waals surface area contributed by atoms with Gasteiger partial charge in [-0.25, -0.2) is 4.79 Å². The fourth-order valence-corrected chi connectivity index (χ4v) is 3.74. The zero-order valence-corrected chi connectivity index (χ0v) is 18.3. The van der Waals surface area contributed by atoms with Gasteiger partial charge >= 0.3 is 5.97 Å². The van der Waals surface area contributed by atoms with E-state index in [1.54, 1.807) is 42.5 Å². The van der Waals surface area contributed by atoms with Crippen LogP contribution in [0.25, 0.3) is 0 Å². The van der Waals surface area contributed by atoms with E-state index in [0.29, 0.717) is 35.0 Å². The third kappa shape index (κ3) is 4.68. The average Bonchev–Trinajstić information content (AvgIpc) is 2.84. The largest absolute Gasteiger partial charge is 0.493 e. The summed E-state index contributed by atoms with van der Waals surface area (Å²) in [6.45, 7) is 2.68. The summed E-state index contributed by atoms with van der Waals surface area (Å²) >= 11 is 0. The molecule has 0 amide bonds. The van der Waals surface area contributed by atoms with Crippen molar-refractivity contribution >= 4 is 5.97 Å². The third-order valence-electron chi connectivity index (χ3n) is 5.40. The Hall–Kier alpha value is -4.24. The van der Waals surface area contributed by atoms with Gasteiger partial charge in [-0.2, -0.15) is 5.26 Å². The molecule has 33 heavy (non-hydrogen) atoms. The number of nitriles is 1.